The molecule has 0 aliphatic carbocycles. The molecule has 0 saturated carbocycles. The van der Waals surface area contributed by atoms with Gasteiger partial charge in [0, 0.05) is 19.7 Å². The first-order valence-corrected chi connectivity index (χ1v) is 6.59. The van der Waals surface area contributed by atoms with Gasteiger partial charge in [0.25, 0.3) is 0 Å². The number of hydrogen-bond acceptors (Lipinski definition) is 3. The van der Waals surface area contributed by atoms with E-state index >= 15 is 0 Å². The van der Waals surface area contributed by atoms with E-state index in [0.717, 1.165) is 12.1 Å². The topological polar surface area (TPSA) is 32.7 Å². The van der Waals surface area contributed by atoms with Gasteiger partial charge in [-0.25, -0.2) is 4.39 Å². The summed E-state index contributed by atoms with van der Waals surface area (Å²) < 4.78 is 18.5. The first kappa shape index (κ1) is 15.9. The van der Waals surface area contributed by atoms with Crippen LogP contribution in [0.25, 0.3) is 0 Å². The summed E-state index contributed by atoms with van der Waals surface area (Å²) >= 11 is 0. The maximum absolute atomic E-state index is 13.6. The number of aliphatic hydroxyl groups excluding tert-OH is 1. The number of benzene rings is 1. The van der Waals surface area contributed by atoms with E-state index in [0.29, 0.717) is 12.5 Å². The smallest absolute Gasteiger partial charge is 0.165 e. The largest absolute Gasteiger partial charge is 0.494 e. The summed E-state index contributed by atoms with van der Waals surface area (Å²) in [5.74, 6) is 0.603. The van der Waals surface area contributed by atoms with Crippen LogP contribution < -0.4 is 4.74 Å². The maximum Gasteiger partial charge on any atom is 0.165 e. The lowest BCUT2D eigenvalue weighted by atomic mass is 9.96. The molecule has 3 nitrogen and oxygen atoms in total. The van der Waals surface area contributed by atoms with Crippen molar-refractivity contribution in [3.63, 3.8) is 0 Å². The molecule has 0 amide bonds. The number of hydrogen-bond donors (Lipinski definition) is 1. The van der Waals surface area contributed by atoms with E-state index in [1.165, 1.54) is 13.2 Å². The summed E-state index contributed by atoms with van der Waals surface area (Å²) in [5.41, 5.74) is 0.904. The molecule has 0 saturated heterocycles. The molecule has 1 unspecified atom stereocenters. The molecular weight excluding hydrogens is 245 g/mol. The van der Waals surface area contributed by atoms with E-state index in [1.54, 1.807) is 6.07 Å². The Morgan fingerprint density at radius 3 is 2.53 bits per heavy atom. The number of ether oxygens (including phenoxy) is 1. The van der Waals surface area contributed by atoms with Gasteiger partial charge in [-0.3, -0.25) is 0 Å². The minimum Gasteiger partial charge on any atom is -0.494 e. The van der Waals surface area contributed by atoms with E-state index < -0.39 is 0 Å². The van der Waals surface area contributed by atoms with Gasteiger partial charge in [0.1, 0.15) is 0 Å². The SMILES string of the molecule is COc1ccc(CN(C)CC(CO)C(C)C)cc1F. The Labute approximate surface area is 115 Å². The molecule has 0 aromatic heterocycles. The molecule has 4 heteroatoms. The van der Waals surface area contributed by atoms with Gasteiger partial charge in [-0.1, -0.05) is 19.9 Å². The van der Waals surface area contributed by atoms with Gasteiger partial charge < -0.3 is 14.7 Å². The molecule has 1 aromatic carbocycles. The van der Waals surface area contributed by atoms with Gasteiger partial charge in [0.15, 0.2) is 11.6 Å². The molecule has 0 fully saturated rings. The Kier molecular flexibility index (Phi) is 6.25. The van der Waals surface area contributed by atoms with Crippen molar-refractivity contribution in [2.45, 2.75) is 20.4 Å². The fraction of sp³-hybridized carbons (Fsp3) is 0.600. The van der Waals surface area contributed by atoms with Crippen molar-refractivity contribution in [3.8, 4) is 5.75 Å². The lowest BCUT2D eigenvalue weighted by molar-refractivity contribution is 0.143. The van der Waals surface area contributed by atoms with Gasteiger partial charge in [-0.15, -0.1) is 0 Å². The summed E-state index contributed by atoms with van der Waals surface area (Å²) in [6.45, 7) is 5.83. The Balaban J connectivity index is 2.61. The van der Waals surface area contributed by atoms with Crippen molar-refractivity contribution in [1.29, 1.82) is 0 Å². The molecule has 0 aliphatic heterocycles. The van der Waals surface area contributed by atoms with Crippen LogP contribution in [0.2, 0.25) is 0 Å². The van der Waals surface area contributed by atoms with Crippen molar-refractivity contribution >= 4 is 0 Å². The normalized spacial score (nSPS) is 13.1. The molecule has 1 N–H and O–H groups in total. The molecule has 0 aliphatic rings. The third kappa shape index (κ3) is 4.80. The molecule has 1 atom stereocenters. The molecule has 19 heavy (non-hydrogen) atoms. The summed E-state index contributed by atoms with van der Waals surface area (Å²) in [6.07, 6.45) is 0. The van der Waals surface area contributed by atoms with Crippen LogP contribution in [-0.4, -0.2) is 37.3 Å². The molecule has 108 valence electrons. The lowest BCUT2D eigenvalue weighted by Crippen LogP contribution is -2.30. The molecule has 0 bridgehead atoms. The van der Waals surface area contributed by atoms with Crippen molar-refractivity contribution < 1.29 is 14.2 Å². The zero-order valence-corrected chi connectivity index (χ0v) is 12.2. The number of halogens is 1. The Bertz CT molecular complexity index is 396. The van der Waals surface area contributed by atoms with Gasteiger partial charge in [0.05, 0.1) is 7.11 Å². The standard InChI is InChI=1S/C15H24FNO2/c1-11(2)13(10-18)9-17(3)8-12-5-6-15(19-4)14(16)7-12/h5-7,11,13,18H,8-10H2,1-4H3. The van der Waals surface area contributed by atoms with E-state index in [4.69, 9.17) is 4.74 Å². The molecular formula is C15H24FNO2. The minimum absolute atomic E-state index is 0.180. The highest BCUT2D eigenvalue weighted by Gasteiger charge is 2.15. The maximum atomic E-state index is 13.6. The van der Waals surface area contributed by atoms with Crippen LogP contribution in [0.4, 0.5) is 4.39 Å². The van der Waals surface area contributed by atoms with Gasteiger partial charge in [-0.05, 0) is 36.6 Å². The molecule has 1 aromatic rings. The van der Waals surface area contributed by atoms with Crippen molar-refractivity contribution in [2.75, 3.05) is 27.3 Å². The van der Waals surface area contributed by atoms with Crippen LogP contribution >= 0.6 is 0 Å². The fourth-order valence-corrected chi connectivity index (χ4v) is 2.06. The predicted octanol–water partition coefficient (Wildman–Crippen LogP) is 2.53. The van der Waals surface area contributed by atoms with Gasteiger partial charge >= 0.3 is 0 Å². The third-order valence-corrected chi connectivity index (χ3v) is 3.39. The monoisotopic (exact) mass is 269 g/mol. The second-order valence-corrected chi connectivity index (χ2v) is 5.35. The molecule has 0 heterocycles. The number of rotatable bonds is 7. The fourth-order valence-electron chi connectivity index (χ4n) is 2.06. The van der Waals surface area contributed by atoms with E-state index in [-0.39, 0.29) is 24.1 Å². The Morgan fingerprint density at radius 2 is 2.05 bits per heavy atom. The lowest BCUT2D eigenvalue weighted by Gasteiger charge is -2.25. The molecule has 0 spiro atoms. The van der Waals surface area contributed by atoms with Crippen LogP contribution in [0.3, 0.4) is 0 Å². The average Bonchev–Trinajstić information content (AvgIpc) is 2.35. The second-order valence-electron chi connectivity index (χ2n) is 5.35. The van der Waals surface area contributed by atoms with E-state index in [1.807, 2.05) is 13.1 Å². The van der Waals surface area contributed by atoms with Crippen LogP contribution in [-0.2, 0) is 6.54 Å². The predicted molar refractivity (Wildman–Crippen MR) is 74.7 cm³/mol. The highest BCUT2D eigenvalue weighted by molar-refractivity contribution is 5.29. The highest BCUT2D eigenvalue weighted by atomic mass is 19.1. The van der Waals surface area contributed by atoms with Crippen molar-refractivity contribution in [3.05, 3.63) is 29.6 Å². The highest BCUT2D eigenvalue weighted by Crippen LogP contribution is 2.19. The number of nitrogens with zero attached hydrogens (tertiary/aromatic N) is 1. The van der Waals surface area contributed by atoms with Crippen LogP contribution in [0.5, 0.6) is 5.75 Å². The quantitative estimate of drug-likeness (QED) is 0.825. The second kappa shape index (κ2) is 7.46. The molecule has 1 rings (SSSR count). The van der Waals surface area contributed by atoms with Gasteiger partial charge in [0.2, 0.25) is 0 Å². The first-order chi connectivity index (χ1) is 8.97. The summed E-state index contributed by atoms with van der Waals surface area (Å²) in [4.78, 5) is 2.10. The number of aliphatic hydroxyl groups is 1. The van der Waals surface area contributed by atoms with E-state index in [9.17, 15) is 9.50 Å². The minimum atomic E-state index is -0.337. The van der Waals surface area contributed by atoms with E-state index in [2.05, 4.69) is 18.7 Å². The van der Waals surface area contributed by atoms with Crippen molar-refractivity contribution in [2.24, 2.45) is 11.8 Å². The first-order valence-electron chi connectivity index (χ1n) is 6.59. The Morgan fingerprint density at radius 1 is 1.37 bits per heavy atom. The van der Waals surface area contributed by atoms with Gasteiger partial charge in [-0.2, -0.15) is 0 Å². The summed E-state index contributed by atoms with van der Waals surface area (Å²) in [7, 11) is 3.44. The number of methoxy groups -OCH3 is 1. The van der Waals surface area contributed by atoms with Crippen LogP contribution in [0, 0.1) is 17.7 Å². The summed E-state index contributed by atoms with van der Waals surface area (Å²) in [6, 6.07) is 5.00. The van der Waals surface area contributed by atoms with Crippen LogP contribution in [0.15, 0.2) is 18.2 Å². The summed E-state index contributed by atoms with van der Waals surface area (Å²) in [5, 5.41) is 9.32. The van der Waals surface area contributed by atoms with Crippen molar-refractivity contribution in [1.82, 2.24) is 4.90 Å². The Hall–Kier alpha value is -1.13. The zero-order chi connectivity index (χ0) is 14.4. The average molecular weight is 269 g/mol. The zero-order valence-electron chi connectivity index (χ0n) is 12.2. The van der Waals surface area contributed by atoms with Crippen LogP contribution in [0.1, 0.15) is 19.4 Å². The third-order valence-electron chi connectivity index (χ3n) is 3.39. The molecule has 0 radical (unpaired) electrons.